The standard InChI is InChI=1S/C10H15N5O2S2/c1-7-8(5-11-2)10(15-14-7)19(16,17)13-6-9-12-3-4-18-9/h3-4,11,13H,5-6H2,1-2H3,(H,14,15). The van der Waals surface area contributed by atoms with E-state index in [9.17, 15) is 8.42 Å². The van der Waals surface area contributed by atoms with E-state index in [0.29, 0.717) is 17.1 Å². The minimum Gasteiger partial charge on any atom is -0.316 e. The summed E-state index contributed by atoms with van der Waals surface area (Å²) in [7, 11) is -1.88. The zero-order chi connectivity index (χ0) is 13.9. The van der Waals surface area contributed by atoms with Crippen molar-refractivity contribution in [2.45, 2.75) is 25.0 Å². The Balaban J connectivity index is 2.19. The number of nitrogens with one attached hydrogen (secondary N) is 3. The monoisotopic (exact) mass is 301 g/mol. The highest BCUT2D eigenvalue weighted by Crippen LogP contribution is 2.16. The summed E-state index contributed by atoms with van der Waals surface area (Å²) in [6, 6.07) is 0. The maximum atomic E-state index is 12.2. The van der Waals surface area contributed by atoms with Crippen LogP contribution >= 0.6 is 11.3 Å². The molecule has 2 rings (SSSR count). The fourth-order valence-corrected chi connectivity index (χ4v) is 3.43. The number of hydrogen-bond donors (Lipinski definition) is 3. The van der Waals surface area contributed by atoms with E-state index < -0.39 is 10.0 Å². The van der Waals surface area contributed by atoms with Gasteiger partial charge in [0.15, 0.2) is 5.03 Å². The number of thiazole rings is 1. The van der Waals surface area contributed by atoms with Gasteiger partial charge in [-0.05, 0) is 14.0 Å². The molecule has 0 fully saturated rings. The van der Waals surface area contributed by atoms with Gasteiger partial charge in [-0.3, -0.25) is 5.10 Å². The van der Waals surface area contributed by atoms with Crippen LogP contribution in [0.2, 0.25) is 0 Å². The molecule has 0 bridgehead atoms. The van der Waals surface area contributed by atoms with Crippen molar-refractivity contribution in [1.29, 1.82) is 0 Å². The molecule has 0 saturated carbocycles. The van der Waals surface area contributed by atoms with Gasteiger partial charge < -0.3 is 5.32 Å². The van der Waals surface area contributed by atoms with Crippen molar-refractivity contribution in [2.75, 3.05) is 7.05 Å². The van der Waals surface area contributed by atoms with Crippen LogP contribution in [0.3, 0.4) is 0 Å². The van der Waals surface area contributed by atoms with Crippen molar-refractivity contribution in [2.24, 2.45) is 0 Å². The summed E-state index contributed by atoms with van der Waals surface area (Å²) < 4.78 is 26.9. The van der Waals surface area contributed by atoms with E-state index in [2.05, 4.69) is 25.2 Å². The highest BCUT2D eigenvalue weighted by atomic mass is 32.2. The predicted octanol–water partition coefficient (Wildman–Crippen LogP) is 0.373. The Bertz CT molecular complexity index is 633. The van der Waals surface area contributed by atoms with Crippen molar-refractivity contribution >= 4 is 21.4 Å². The predicted molar refractivity (Wildman–Crippen MR) is 72.2 cm³/mol. The van der Waals surface area contributed by atoms with Gasteiger partial charge >= 0.3 is 0 Å². The van der Waals surface area contributed by atoms with Crippen molar-refractivity contribution in [3.05, 3.63) is 27.8 Å². The summed E-state index contributed by atoms with van der Waals surface area (Å²) in [5, 5.41) is 12.1. The molecule has 0 atom stereocenters. The molecule has 19 heavy (non-hydrogen) atoms. The first kappa shape index (κ1) is 14.1. The lowest BCUT2D eigenvalue weighted by Crippen LogP contribution is -2.25. The molecule has 0 aliphatic carbocycles. The van der Waals surface area contributed by atoms with Crippen molar-refractivity contribution in [3.63, 3.8) is 0 Å². The molecule has 2 aromatic rings. The van der Waals surface area contributed by atoms with Gasteiger partial charge in [0.05, 0.1) is 6.54 Å². The van der Waals surface area contributed by atoms with Crippen LogP contribution in [0.15, 0.2) is 16.6 Å². The Hall–Kier alpha value is -1.29. The van der Waals surface area contributed by atoms with Crippen LogP contribution in [-0.2, 0) is 23.1 Å². The third-order valence-electron chi connectivity index (χ3n) is 2.54. The van der Waals surface area contributed by atoms with E-state index in [1.54, 1.807) is 25.5 Å². The molecule has 0 saturated heterocycles. The Morgan fingerprint density at radius 3 is 2.84 bits per heavy atom. The number of nitrogens with zero attached hydrogens (tertiary/aromatic N) is 2. The first-order chi connectivity index (χ1) is 9.04. The lowest BCUT2D eigenvalue weighted by molar-refractivity contribution is 0.574. The largest absolute Gasteiger partial charge is 0.316 e. The van der Waals surface area contributed by atoms with Gasteiger partial charge in [-0.2, -0.15) is 5.10 Å². The molecule has 2 aromatic heterocycles. The second-order valence-electron chi connectivity index (χ2n) is 3.91. The number of hydrogen-bond acceptors (Lipinski definition) is 6. The van der Waals surface area contributed by atoms with Crippen LogP contribution in [0.4, 0.5) is 0 Å². The molecule has 104 valence electrons. The van der Waals surface area contributed by atoms with E-state index in [4.69, 9.17) is 0 Å². The first-order valence-electron chi connectivity index (χ1n) is 5.61. The van der Waals surface area contributed by atoms with E-state index in [1.165, 1.54) is 11.3 Å². The number of sulfonamides is 1. The molecule has 0 unspecified atom stereocenters. The lowest BCUT2D eigenvalue weighted by Gasteiger charge is -2.05. The second kappa shape index (κ2) is 5.78. The minimum absolute atomic E-state index is 0.0379. The molecular formula is C10H15N5O2S2. The number of aromatic amines is 1. The summed E-state index contributed by atoms with van der Waals surface area (Å²) in [6.45, 7) is 2.40. The van der Waals surface area contributed by atoms with E-state index >= 15 is 0 Å². The van der Waals surface area contributed by atoms with Crippen LogP contribution < -0.4 is 10.0 Å². The van der Waals surface area contributed by atoms with E-state index in [1.807, 2.05) is 0 Å². The molecule has 0 aromatic carbocycles. The van der Waals surface area contributed by atoms with Gasteiger partial charge in [-0.1, -0.05) is 0 Å². The van der Waals surface area contributed by atoms with E-state index in [0.717, 1.165) is 5.69 Å². The average Bonchev–Trinajstić information content (AvgIpc) is 2.99. The Labute approximate surface area is 115 Å². The van der Waals surface area contributed by atoms with Crippen LogP contribution in [0, 0.1) is 6.92 Å². The molecule has 0 aliphatic rings. The molecule has 0 radical (unpaired) electrons. The molecule has 0 amide bonds. The summed E-state index contributed by atoms with van der Waals surface area (Å²) in [5.41, 5.74) is 1.39. The number of aromatic nitrogens is 3. The average molecular weight is 301 g/mol. The molecule has 3 N–H and O–H groups in total. The van der Waals surface area contributed by atoms with Gasteiger partial charge in [0, 0.05) is 29.4 Å². The Kier molecular flexibility index (Phi) is 4.30. The highest BCUT2D eigenvalue weighted by molar-refractivity contribution is 7.89. The molecule has 0 aliphatic heterocycles. The number of rotatable bonds is 6. The smallest absolute Gasteiger partial charge is 0.260 e. The minimum atomic E-state index is -3.63. The van der Waals surface area contributed by atoms with Crippen LogP contribution in [-0.4, -0.2) is 30.6 Å². The molecule has 9 heteroatoms. The topological polar surface area (TPSA) is 99.8 Å². The first-order valence-corrected chi connectivity index (χ1v) is 7.97. The maximum Gasteiger partial charge on any atom is 0.260 e. The molecule has 7 nitrogen and oxygen atoms in total. The zero-order valence-corrected chi connectivity index (χ0v) is 12.2. The maximum absolute atomic E-state index is 12.2. The van der Waals surface area contributed by atoms with E-state index in [-0.39, 0.29) is 11.6 Å². The van der Waals surface area contributed by atoms with Gasteiger partial charge in [0.2, 0.25) is 0 Å². The summed E-state index contributed by atoms with van der Waals surface area (Å²) in [4.78, 5) is 4.03. The second-order valence-corrected chi connectivity index (χ2v) is 6.57. The van der Waals surface area contributed by atoms with Crippen LogP contribution in [0.1, 0.15) is 16.3 Å². The Morgan fingerprint density at radius 1 is 1.42 bits per heavy atom. The molecule has 2 heterocycles. The quantitative estimate of drug-likeness (QED) is 0.716. The van der Waals surface area contributed by atoms with Crippen molar-refractivity contribution < 1.29 is 8.42 Å². The highest BCUT2D eigenvalue weighted by Gasteiger charge is 2.23. The van der Waals surface area contributed by atoms with Gasteiger partial charge in [0.1, 0.15) is 5.01 Å². The van der Waals surface area contributed by atoms with Gasteiger partial charge in [-0.15, -0.1) is 11.3 Å². The van der Waals surface area contributed by atoms with Gasteiger partial charge in [0.25, 0.3) is 10.0 Å². The SMILES string of the molecule is CNCc1c(S(=O)(=O)NCc2nccs2)n[nH]c1C. The van der Waals surface area contributed by atoms with Gasteiger partial charge in [-0.25, -0.2) is 18.1 Å². The molecule has 0 spiro atoms. The lowest BCUT2D eigenvalue weighted by atomic mass is 10.3. The van der Waals surface area contributed by atoms with Crippen molar-refractivity contribution in [1.82, 2.24) is 25.2 Å². The molecular weight excluding hydrogens is 286 g/mol. The van der Waals surface area contributed by atoms with Crippen LogP contribution in [0.25, 0.3) is 0 Å². The zero-order valence-electron chi connectivity index (χ0n) is 10.6. The summed E-state index contributed by atoms with van der Waals surface area (Å²) in [5.74, 6) is 0. The number of H-pyrrole nitrogens is 1. The third kappa shape index (κ3) is 3.18. The van der Waals surface area contributed by atoms with Crippen molar-refractivity contribution in [3.8, 4) is 0 Å². The normalized spacial score (nSPS) is 11.9. The fourth-order valence-electron chi connectivity index (χ4n) is 1.60. The summed E-state index contributed by atoms with van der Waals surface area (Å²) >= 11 is 1.40. The summed E-state index contributed by atoms with van der Waals surface area (Å²) in [6.07, 6.45) is 1.64. The van der Waals surface area contributed by atoms with Crippen LogP contribution in [0.5, 0.6) is 0 Å². The number of aryl methyl sites for hydroxylation is 1. The fraction of sp³-hybridized carbons (Fsp3) is 0.400. The Morgan fingerprint density at radius 2 is 2.21 bits per heavy atom. The third-order valence-corrected chi connectivity index (χ3v) is 4.69.